The molecule has 0 fully saturated rings. The number of benzene rings is 2. The second kappa shape index (κ2) is 9.42. The molecule has 2 aromatic carbocycles. The van der Waals surface area contributed by atoms with Crippen molar-refractivity contribution in [2.24, 2.45) is 5.10 Å². The van der Waals surface area contributed by atoms with Crippen molar-refractivity contribution < 1.29 is 27.4 Å². The number of nitrogens with one attached hydrogen (secondary N) is 1. The summed E-state index contributed by atoms with van der Waals surface area (Å²) in [5.74, 6) is 0.460. The van der Waals surface area contributed by atoms with E-state index in [1.54, 1.807) is 47.8 Å². The summed E-state index contributed by atoms with van der Waals surface area (Å²) in [6.07, 6.45) is 1.33. The van der Waals surface area contributed by atoms with Crippen LogP contribution in [0.15, 0.2) is 70.0 Å². The van der Waals surface area contributed by atoms with Crippen LogP contribution in [-0.4, -0.2) is 34.8 Å². The molecular formula is C20H18N2O6S2. The van der Waals surface area contributed by atoms with Gasteiger partial charge in [0.25, 0.3) is 10.0 Å². The molecule has 3 rings (SSSR count). The van der Waals surface area contributed by atoms with Crippen LogP contribution < -0.4 is 19.0 Å². The molecule has 1 aromatic heterocycles. The molecule has 0 aliphatic carbocycles. The molecule has 0 spiro atoms. The van der Waals surface area contributed by atoms with Crippen molar-refractivity contribution in [3.63, 3.8) is 0 Å². The number of ether oxygens (including phenoxy) is 3. The van der Waals surface area contributed by atoms with Crippen LogP contribution in [0.25, 0.3) is 0 Å². The Bertz CT molecular complexity index is 1140. The molecule has 3 aromatic rings. The summed E-state index contributed by atoms with van der Waals surface area (Å²) in [6, 6.07) is 14.3. The van der Waals surface area contributed by atoms with Gasteiger partial charge in [-0.15, -0.1) is 11.3 Å². The minimum absolute atomic E-state index is 0.0997. The highest BCUT2D eigenvalue weighted by molar-refractivity contribution is 7.89. The van der Waals surface area contributed by atoms with Gasteiger partial charge in [0.2, 0.25) is 0 Å². The molecule has 0 saturated carbocycles. The predicted octanol–water partition coefficient (Wildman–Crippen LogP) is 3.30. The number of hydrazone groups is 1. The maximum absolute atomic E-state index is 12.5. The number of methoxy groups -OCH3 is 2. The molecule has 1 heterocycles. The standard InChI is InChI=1S/C20H18N2O6S2/c1-26-16-9-10-17(27-2)19(12-16)30(24,25)22-21-13-14-5-7-15(8-6-14)28-20(23)18-4-3-11-29-18/h3-13,22H,1-2H3/b21-13+. The average molecular weight is 447 g/mol. The van der Waals surface area contributed by atoms with Gasteiger partial charge in [-0.25, -0.2) is 4.79 Å². The molecule has 0 bridgehead atoms. The zero-order valence-electron chi connectivity index (χ0n) is 16.1. The SMILES string of the molecule is COc1ccc(OC)c(S(=O)(=O)N/N=C/c2ccc(OC(=O)c3cccs3)cc2)c1. The molecule has 0 amide bonds. The number of nitrogens with zero attached hydrogens (tertiary/aromatic N) is 1. The van der Waals surface area contributed by atoms with Crippen molar-refractivity contribution in [3.8, 4) is 17.2 Å². The van der Waals surface area contributed by atoms with Crippen LogP contribution in [-0.2, 0) is 10.0 Å². The molecule has 0 aliphatic rings. The first-order valence-corrected chi connectivity index (χ1v) is 10.9. The van der Waals surface area contributed by atoms with Gasteiger partial charge in [0.15, 0.2) is 0 Å². The quantitative estimate of drug-likeness (QED) is 0.246. The molecule has 156 valence electrons. The van der Waals surface area contributed by atoms with E-state index in [0.717, 1.165) is 0 Å². The van der Waals surface area contributed by atoms with Crippen LogP contribution in [0.2, 0.25) is 0 Å². The van der Waals surface area contributed by atoms with Gasteiger partial charge >= 0.3 is 5.97 Å². The number of thiophene rings is 1. The Balaban J connectivity index is 1.67. The lowest BCUT2D eigenvalue weighted by Gasteiger charge is -2.10. The fourth-order valence-corrected chi connectivity index (χ4v) is 3.96. The summed E-state index contributed by atoms with van der Waals surface area (Å²) in [5.41, 5.74) is 0.603. The Hall–Kier alpha value is -3.37. The van der Waals surface area contributed by atoms with Gasteiger partial charge in [0.05, 0.1) is 20.4 Å². The van der Waals surface area contributed by atoms with E-state index in [2.05, 4.69) is 9.93 Å². The van der Waals surface area contributed by atoms with Crippen LogP contribution in [0.1, 0.15) is 15.2 Å². The minimum atomic E-state index is -3.98. The largest absolute Gasteiger partial charge is 0.497 e. The zero-order chi connectivity index (χ0) is 21.6. The fraction of sp³-hybridized carbons (Fsp3) is 0.100. The van der Waals surface area contributed by atoms with Gasteiger partial charge in [0.1, 0.15) is 27.0 Å². The molecule has 0 aliphatic heterocycles. The lowest BCUT2D eigenvalue weighted by atomic mass is 10.2. The first kappa shape index (κ1) is 21.3. The minimum Gasteiger partial charge on any atom is -0.497 e. The van der Waals surface area contributed by atoms with Crippen molar-refractivity contribution >= 4 is 33.5 Å². The third kappa shape index (κ3) is 5.16. The molecular weight excluding hydrogens is 428 g/mol. The van der Waals surface area contributed by atoms with Crippen LogP contribution in [0.3, 0.4) is 0 Å². The first-order chi connectivity index (χ1) is 14.4. The average Bonchev–Trinajstić information content (AvgIpc) is 3.29. The molecule has 0 unspecified atom stereocenters. The Morgan fingerprint density at radius 3 is 2.40 bits per heavy atom. The van der Waals surface area contributed by atoms with Crippen molar-refractivity contribution in [1.29, 1.82) is 0 Å². The van der Waals surface area contributed by atoms with Gasteiger partial charge < -0.3 is 14.2 Å². The van der Waals surface area contributed by atoms with Crippen molar-refractivity contribution in [1.82, 2.24) is 4.83 Å². The third-order valence-corrected chi connectivity index (χ3v) is 5.95. The van der Waals surface area contributed by atoms with Crippen molar-refractivity contribution in [3.05, 3.63) is 70.4 Å². The number of hydrogen-bond acceptors (Lipinski definition) is 8. The van der Waals surface area contributed by atoms with E-state index >= 15 is 0 Å². The Morgan fingerprint density at radius 2 is 1.77 bits per heavy atom. The second-order valence-electron chi connectivity index (χ2n) is 5.81. The number of esters is 1. The molecule has 0 atom stereocenters. The lowest BCUT2D eigenvalue weighted by Crippen LogP contribution is -2.19. The number of carbonyl (C=O) groups is 1. The van der Waals surface area contributed by atoms with Gasteiger partial charge in [-0.05, 0) is 53.4 Å². The number of hydrogen-bond donors (Lipinski definition) is 1. The maximum Gasteiger partial charge on any atom is 0.353 e. The van der Waals surface area contributed by atoms with Gasteiger partial charge in [-0.2, -0.15) is 18.4 Å². The molecule has 1 N–H and O–H groups in total. The highest BCUT2D eigenvalue weighted by Crippen LogP contribution is 2.28. The van der Waals surface area contributed by atoms with Crippen LogP contribution in [0, 0.1) is 0 Å². The zero-order valence-corrected chi connectivity index (χ0v) is 17.7. The molecule has 30 heavy (non-hydrogen) atoms. The number of sulfonamides is 1. The number of rotatable bonds is 8. The Morgan fingerprint density at radius 1 is 1.03 bits per heavy atom. The highest BCUT2D eigenvalue weighted by atomic mass is 32.2. The summed E-state index contributed by atoms with van der Waals surface area (Å²) >= 11 is 1.29. The van der Waals surface area contributed by atoms with Gasteiger partial charge in [0, 0.05) is 6.07 Å². The normalized spacial score (nSPS) is 11.3. The molecule has 0 saturated heterocycles. The number of carbonyl (C=O) groups excluding carboxylic acids is 1. The van der Waals surface area contributed by atoms with Crippen LogP contribution >= 0.6 is 11.3 Å². The molecule has 8 nitrogen and oxygen atoms in total. The van der Waals surface area contributed by atoms with Crippen LogP contribution in [0.4, 0.5) is 0 Å². The van der Waals surface area contributed by atoms with E-state index in [1.807, 2.05) is 0 Å². The third-order valence-electron chi connectivity index (χ3n) is 3.86. The maximum atomic E-state index is 12.5. The predicted molar refractivity (Wildman–Crippen MR) is 113 cm³/mol. The lowest BCUT2D eigenvalue weighted by molar-refractivity contribution is 0.0740. The van der Waals surface area contributed by atoms with E-state index in [0.29, 0.717) is 21.9 Å². The summed E-state index contributed by atoms with van der Waals surface area (Å²) in [4.78, 5) is 14.5. The van der Waals surface area contributed by atoms with E-state index in [9.17, 15) is 13.2 Å². The van der Waals surface area contributed by atoms with E-state index < -0.39 is 16.0 Å². The summed E-state index contributed by atoms with van der Waals surface area (Å²) in [6.45, 7) is 0. The van der Waals surface area contributed by atoms with E-state index in [-0.39, 0.29) is 10.6 Å². The van der Waals surface area contributed by atoms with Gasteiger partial charge in [-0.1, -0.05) is 6.07 Å². The smallest absolute Gasteiger partial charge is 0.353 e. The van der Waals surface area contributed by atoms with E-state index in [1.165, 1.54) is 43.9 Å². The Kier molecular flexibility index (Phi) is 6.70. The summed E-state index contributed by atoms with van der Waals surface area (Å²) in [5, 5.41) is 5.58. The summed E-state index contributed by atoms with van der Waals surface area (Å²) in [7, 11) is -1.17. The Labute approximate surface area is 177 Å². The monoisotopic (exact) mass is 446 g/mol. The molecule has 0 radical (unpaired) electrons. The topological polar surface area (TPSA) is 103 Å². The fourth-order valence-electron chi connectivity index (χ4n) is 2.39. The second-order valence-corrected chi connectivity index (χ2v) is 8.38. The first-order valence-electron chi connectivity index (χ1n) is 8.55. The molecule has 10 heteroatoms. The van der Waals surface area contributed by atoms with E-state index in [4.69, 9.17) is 14.2 Å². The summed E-state index contributed by atoms with van der Waals surface area (Å²) < 4.78 is 40.5. The van der Waals surface area contributed by atoms with Crippen LogP contribution in [0.5, 0.6) is 17.2 Å². The van der Waals surface area contributed by atoms with Gasteiger partial charge in [-0.3, -0.25) is 0 Å². The van der Waals surface area contributed by atoms with Crippen molar-refractivity contribution in [2.75, 3.05) is 14.2 Å². The highest BCUT2D eigenvalue weighted by Gasteiger charge is 2.20. The van der Waals surface area contributed by atoms with Crippen molar-refractivity contribution in [2.45, 2.75) is 4.90 Å².